The lowest BCUT2D eigenvalue weighted by molar-refractivity contribution is 0.0616. The Kier molecular flexibility index (Phi) is 10.7. The first-order valence-corrected chi connectivity index (χ1v) is 12.7. The number of rotatable bonds is 13. The fraction of sp³-hybridized carbons (Fsp3) is 1.00. The second-order valence-electron chi connectivity index (χ2n) is 6.41. The van der Waals surface area contributed by atoms with Gasteiger partial charge >= 0.3 is 15.6 Å². The second-order valence-corrected chi connectivity index (χ2v) is 11.2. The van der Waals surface area contributed by atoms with Crippen LogP contribution >= 0.6 is 39.2 Å². The van der Waals surface area contributed by atoms with Gasteiger partial charge in [-0.3, -0.25) is 9.05 Å². The monoisotopic (exact) mass is 426 g/mol. The Balaban J connectivity index is 3.75. The maximum Gasteiger partial charge on any atom is 0.470 e. The molecule has 0 atom stereocenters. The largest absolute Gasteiger partial charge is 0.470 e. The Bertz CT molecular complexity index is 418. The smallest absolute Gasteiger partial charge is 0.303 e. The molecule has 0 amide bonds. The first-order chi connectivity index (χ1) is 10.6. The summed E-state index contributed by atoms with van der Waals surface area (Å²) in [5.41, 5.74) is -1.74. The first kappa shape index (κ1) is 24.9. The van der Waals surface area contributed by atoms with E-state index in [1.807, 2.05) is 0 Å². The normalized spacial score (nSPS) is 14.2. The van der Waals surface area contributed by atoms with Crippen LogP contribution in [0, 0.1) is 0 Å². The van der Waals surface area contributed by atoms with Gasteiger partial charge < -0.3 is 19.6 Å². The van der Waals surface area contributed by atoms with Gasteiger partial charge in [0.05, 0.1) is 11.2 Å². The minimum absolute atomic E-state index is 0.524. The topological polar surface area (TPSA) is 134 Å². The molecule has 0 aromatic heterocycles. The minimum atomic E-state index is -4.47. The molecule has 0 aliphatic rings. The minimum Gasteiger partial charge on any atom is -0.303 e. The van der Waals surface area contributed by atoms with Crippen LogP contribution in [0.1, 0.15) is 40.5 Å². The summed E-state index contributed by atoms with van der Waals surface area (Å²) in [6.45, 7) is 6.57. The van der Waals surface area contributed by atoms with Crippen LogP contribution in [0.4, 0.5) is 0 Å². The fourth-order valence-electron chi connectivity index (χ4n) is 1.69. The van der Waals surface area contributed by atoms with Gasteiger partial charge in [-0.15, -0.1) is 0 Å². The molecule has 12 heteroatoms. The van der Waals surface area contributed by atoms with E-state index in [2.05, 4.69) is 0 Å². The Morgan fingerprint density at radius 2 is 1.00 bits per heavy atom. The van der Waals surface area contributed by atoms with Crippen molar-refractivity contribution in [1.29, 1.82) is 0 Å². The third-order valence-electron chi connectivity index (χ3n) is 2.80. The van der Waals surface area contributed by atoms with Crippen LogP contribution in [0.2, 0.25) is 0 Å². The van der Waals surface area contributed by atoms with Gasteiger partial charge in [-0.1, -0.05) is 0 Å². The molecule has 0 aliphatic carbocycles. The highest BCUT2D eigenvalue weighted by atomic mass is 32.2. The first-order valence-electron chi connectivity index (χ1n) is 7.30. The van der Waals surface area contributed by atoms with Gasteiger partial charge in [0.2, 0.25) is 0 Å². The van der Waals surface area contributed by atoms with Gasteiger partial charge in [0.25, 0.3) is 0 Å². The fourth-order valence-corrected chi connectivity index (χ4v) is 5.79. The average molecular weight is 426 g/mol. The van der Waals surface area contributed by atoms with E-state index < -0.39 is 26.8 Å². The van der Waals surface area contributed by atoms with Crippen molar-refractivity contribution in [2.75, 3.05) is 23.0 Å². The van der Waals surface area contributed by atoms with Gasteiger partial charge in [-0.05, 0) is 52.0 Å². The van der Waals surface area contributed by atoms with Crippen LogP contribution < -0.4 is 0 Å². The Hall–Kier alpha value is 0.920. The summed E-state index contributed by atoms with van der Waals surface area (Å²) < 4.78 is 31.1. The Morgan fingerprint density at radius 3 is 1.25 bits per heavy atom. The summed E-state index contributed by atoms with van der Waals surface area (Å²) in [5, 5.41) is 0. The molecule has 0 spiro atoms. The lowest BCUT2D eigenvalue weighted by Crippen LogP contribution is -2.24. The molecule has 0 bridgehead atoms. The molecule has 24 heavy (non-hydrogen) atoms. The predicted octanol–water partition coefficient (Wildman–Crippen LogP) is 3.01. The van der Waals surface area contributed by atoms with Crippen LogP contribution in [0.3, 0.4) is 0 Å². The van der Waals surface area contributed by atoms with Crippen molar-refractivity contribution in [2.24, 2.45) is 0 Å². The van der Waals surface area contributed by atoms with Crippen molar-refractivity contribution < 1.29 is 37.8 Å². The summed E-state index contributed by atoms with van der Waals surface area (Å²) in [7, 11) is -8.94. The van der Waals surface area contributed by atoms with Crippen molar-refractivity contribution >= 4 is 39.2 Å². The molecule has 0 aliphatic heterocycles. The number of hydrogen-bond donors (Lipinski definition) is 4. The highest BCUT2D eigenvalue weighted by molar-refractivity contribution is 8.02. The van der Waals surface area contributed by atoms with Gasteiger partial charge in [-0.2, -0.15) is 23.5 Å². The van der Waals surface area contributed by atoms with Crippen molar-refractivity contribution in [1.82, 2.24) is 0 Å². The van der Waals surface area contributed by atoms with E-state index in [4.69, 9.17) is 28.6 Å². The highest BCUT2D eigenvalue weighted by Crippen LogP contribution is 2.43. The summed E-state index contributed by atoms with van der Waals surface area (Å²) >= 11 is 3.33. The maximum atomic E-state index is 10.8. The van der Waals surface area contributed by atoms with E-state index >= 15 is 0 Å². The SMILES string of the molecule is CC(C)(CCSCCSCCC(C)(C)OP(=O)(O)O)OP(=O)(O)O. The van der Waals surface area contributed by atoms with Crippen LogP contribution in [-0.2, 0) is 18.2 Å². The molecular formula is C12H28O8P2S2. The lowest BCUT2D eigenvalue weighted by atomic mass is 10.1. The molecule has 0 unspecified atom stereocenters. The molecule has 0 aromatic carbocycles. The molecule has 0 fully saturated rings. The zero-order valence-electron chi connectivity index (χ0n) is 14.4. The standard InChI is InChI=1S/C12H28O8P2S2/c1-11(2,19-21(13,14)15)5-7-23-9-10-24-8-6-12(3,4)20-22(16,17)18/h5-10H2,1-4H3,(H2,13,14,15)(H2,16,17,18). The van der Waals surface area contributed by atoms with Crippen LogP contribution in [0.15, 0.2) is 0 Å². The number of phosphoric acid groups is 2. The highest BCUT2D eigenvalue weighted by Gasteiger charge is 2.29. The molecule has 0 radical (unpaired) electrons. The van der Waals surface area contributed by atoms with E-state index in [9.17, 15) is 9.13 Å². The van der Waals surface area contributed by atoms with Gasteiger partial charge in [0.15, 0.2) is 0 Å². The maximum absolute atomic E-state index is 10.8. The van der Waals surface area contributed by atoms with E-state index in [-0.39, 0.29) is 0 Å². The van der Waals surface area contributed by atoms with Crippen molar-refractivity contribution in [3.05, 3.63) is 0 Å². The van der Waals surface area contributed by atoms with Crippen molar-refractivity contribution in [2.45, 2.75) is 51.7 Å². The van der Waals surface area contributed by atoms with E-state index in [0.717, 1.165) is 23.0 Å². The summed E-state index contributed by atoms with van der Waals surface area (Å²) in [4.78, 5) is 35.2. The molecule has 0 aromatic rings. The molecule has 8 nitrogen and oxygen atoms in total. The number of hydrogen-bond acceptors (Lipinski definition) is 6. The molecule has 0 saturated heterocycles. The average Bonchev–Trinajstić information content (AvgIpc) is 2.25. The van der Waals surface area contributed by atoms with Gasteiger partial charge in [0.1, 0.15) is 0 Å². The van der Waals surface area contributed by atoms with Crippen LogP contribution in [-0.4, -0.2) is 53.8 Å². The molecule has 4 N–H and O–H groups in total. The summed E-state index contributed by atoms with van der Waals surface area (Å²) in [6.07, 6.45) is 1.05. The van der Waals surface area contributed by atoms with Crippen LogP contribution in [0.25, 0.3) is 0 Å². The number of phosphoric ester groups is 2. The summed E-state index contributed by atoms with van der Waals surface area (Å²) in [5.74, 6) is 3.19. The van der Waals surface area contributed by atoms with Crippen LogP contribution in [0.5, 0.6) is 0 Å². The molecular weight excluding hydrogens is 398 g/mol. The Morgan fingerprint density at radius 1 is 0.708 bits per heavy atom. The Labute approximate surface area is 152 Å². The zero-order valence-corrected chi connectivity index (χ0v) is 17.8. The third-order valence-corrected chi connectivity index (χ3v) is 6.49. The molecule has 146 valence electrons. The third kappa shape index (κ3) is 16.4. The lowest BCUT2D eigenvalue weighted by Gasteiger charge is -2.25. The number of thioether (sulfide) groups is 2. The summed E-state index contributed by atoms with van der Waals surface area (Å²) in [6, 6.07) is 0. The zero-order chi connectivity index (χ0) is 19.1. The molecule has 0 heterocycles. The van der Waals surface area contributed by atoms with E-state index in [1.165, 1.54) is 0 Å². The molecule has 0 saturated carbocycles. The van der Waals surface area contributed by atoms with E-state index in [0.29, 0.717) is 12.8 Å². The quantitative estimate of drug-likeness (QED) is 0.257. The second kappa shape index (κ2) is 10.3. The van der Waals surface area contributed by atoms with Gasteiger partial charge in [0, 0.05) is 11.5 Å². The van der Waals surface area contributed by atoms with Crippen molar-refractivity contribution in [3.63, 3.8) is 0 Å². The van der Waals surface area contributed by atoms with E-state index in [1.54, 1.807) is 51.2 Å². The predicted molar refractivity (Wildman–Crippen MR) is 98.3 cm³/mol. The molecule has 0 rings (SSSR count). The van der Waals surface area contributed by atoms with Crippen molar-refractivity contribution in [3.8, 4) is 0 Å². The van der Waals surface area contributed by atoms with Gasteiger partial charge in [-0.25, -0.2) is 9.13 Å².